The fourth-order valence-corrected chi connectivity index (χ4v) is 4.40. The molecule has 32 heavy (non-hydrogen) atoms. The van der Waals surface area contributed by atoms with Crippen molar-refractivity contribution in [2.75, 3.05) is 11.4 Å². The van der Waals surface area contributed by atoms with Gasteiger partial charge in [0.2, 0.25) is 0 Å². The van der Waals surface area contributed by atoms with Crippen LogP contribution in [0.15, 0.2) is 48.8 Å². The van der Waals surface area contributed by atoms with Crippen molar-refractivity contribution in [1.29, 1.82) is 5.26 Å². The molecule has 5 aromatic rings. The summed E-state index contributed by atoms with van der Waals surface area (Å²) in [6.07, 6.45) is 3.98. The Bertz CT molecular complexity index is 1590. The van der Waals surface area contributed by atoms with Gasteiger partial charge in [-0.1, -0.05) is 22.9 Å². The minimum Gasteiger partial charge on any atom is -0.339 e. The Morgan fingerprint density at radius 3 is 2.84 bits per heavy atom. The number of anilines is 2. The van der Waals surface area contributed by atoms with Crippen LogP contribution in [0.2, 0.25) is 5.02 Å². The van der Waals surface area contributed by atoms with Crippen molar-refractivity contribution in [3.05, 3.63) is 70.8 Å². The zero-order valence-corrected chi connectivity index (χ0v) is 17.2. The summed E-state index contributed by atoms with van der Waals surface area (Å²) >= 11 is 6.08. The molecule has 0 saturated heterocycles. The summed E-state index contributed by atoms with van der Waals surface area (Å²) in [5, 5.41) is 21.3. The molecule has 0 saturated carbocycles. The Morgan fingerprint density at radius 2 is 1.97 bits per heavy atom. The highest BCUT2D eigenvalue weighted by atomic mass is 35.5. The lowest BCUT2D eigenvalue weighted by atomic mass is 10.0. The molecule has 6 rings (SSSR count). The molecular formula is C23H13ClFN7. The highest BCUT2D eigenvalue weighted by Gasteiger charge is 2.26. The van der Waals surface area contributed by atoms with Gasteiger partial charge in [-0.05, 0) is 47.9 Å². The van der Waals surface area contributed by atoms with Crippen molar-refractivity contribution in [3.8, 4) is 17.2 Å². The molecule has 0 fully saturated rings. The molecule has 4 heterocycles. The van der Waals surface area contributed by atoms with Crippen molar-refractivity contribution in [2.24, 2.45) is 0 Å². The van der Waals surface area contributed by atoms with Crippen LogP contribution in [-0.2, 0) is 6.42 Å². The standard InChI is InChI=1S/C23H13ClFN7/c24-17-8-21-13(6-18(17)25)3-4-32(21)22-15(9-26)11-27-19-2-1-12(5-16(19)22)14-7-20-23(28-10-14)30-31-29-20/h1-2,5-8,10-11H,3-4H2,(H,28,29,30,31). The molecule has 0 spiro atoms. The summed E-state index contributed by atoms with van der Waals surface area (Å²) in [5.74, 6) is -0.439. The average molecular weight is 442 g/mol. The third-order valence-electron chi connectivity index (χ3n) is 5.76. The first kappa shape index (κ1) is 18.7. The van der Waals surface area contributed by atoms with E-state index in [0.717, 1.165) is 39.0 Å². The molecule has 9 heteroatoms. The second kappa shape index (κ2) is 6.97. The van der Waals surface area contributed by atoms with Gasteiger partial charge in [0.15, 0.2) is 5.65 Å². The lowest BCUT2D eigenvalue weighted by Crippen LogP contribution is -2.15. The summed E-state index contributed by atoms with van der Waals surface area (Å²) in [6.45, 7) is 0.611. The quantitative estimate of drug-likeness (QED) is 0.417. The largest absolute Gasteiger partial charge is 0.339 e. The van der Waals surface area contributed by atoms with Gasteiger partial charge in [0.05, 0.1) is 21.8 Å². The first-order valence-electron chi connectivity index (χ1n) is 9.88. The van der Waals surface area contributed by atoms with Gasteiger partial charge in [0.1, 0.15) is 17.4 Å². The van der Waals surface area contributed by atoms with E-state index in [2.05, 4.69) is 31.4 Å². The zero-order chi connectivity index (χ0) is 21.8. The van der Waals surface area contributed by atoms with Crippen molar-refractivity contribution in [1.82, 2.24) is 25.4 Å². The lowest BCUT2D eigenvalue weighted by Gasteiger charge is -2.23. The summed E-state index contributed by atoms with van der Waals surface area (Å²) in [4.78, 5) is 10.9. The average Bonchev–Trinajstić information content (AvgIpc) is 3.44. The van der Waals surface area contributed by atoms with Gasteiger partial charge in [-0.25, -0.2) is 14.5 Å². The molecule has 0 radical (unpaired) electrons. The van der Waals surface area contributed by atoms with Crippen molar-refractivity contribution >= 4 is 45.0 Å². The topological polar surface area (TPSA) is 94.4 Å². The van der Waals surface area contributed by atoms with E-state index in [1.54, 1.807) is 18.5 Å². The first-order chi connectivity index (χ1) is 15.6. The van der Waals surface area contributed by atoms with Crippen LogP contribution in [0.5, 0.6) is 0 Å². The number of rotatable bonds is 2. The Balaban J connectivity index is 1.57. The van der Waals surface area contributed by atoms with Crippen molar-refractivity contribution in [3.63, 3.8) is 0 Å². The monoisotopic (exact) mass is 441 g/mol. The van der Waals surface area contributed by atoms with Crippen LogP contribution in [0.1, 0.15) is 11.1 Å². The van der Waals surface area contributed by atoms with E-state index in [4.69, 9.17) is 11.6 Å². The van der Waals surface area contributed by atoms with Crippen LogP contribution in [0.3, 0.4) is 0 Å². The third-order valence-corrected chi connectivity index (χ3v) is 6.05. The van der Waals surface area contributed by atoms with E-state index in [1.165, 1.54) is 6.07 Å². The number of nitrogens with zero attached hydrogens (tertiary/aromatic N) is 6. The number of pyridine rings is 2. The van der Waals surface area contributed by atoms with Crippen LogP contribution >= 0.6 is 11.6 Å². The molecule has 0 amide bonds. The van der Waals surface area contributed by atoms with Crippen molar-refractivity contribution in [2.45, 2.75) is 6.42 Å². The maximum absolute atomic E-state index is 14.0. The van der Waals surface area contributed by atoms with Gasteiger partial charge in [-0.15, -0.1) is 5.10 Å². The molecule has 3 aromatic heterocycles. The van der Waals surface area contributed by atoms with Gasteiger partial charge >= 0.3 is 0 Å². The molecule has 1 aliphatic rings. The summed E-state index contributed by atoms with van der Waals surface area (Å²) in [6, 6.07) is 13.1. The van der Waals surface area contributed by atoms with Crippen molar-refractivity contribution < 1.29 is 4.39 Å². The van der Waals surface area contributed by atoms with Crippen LogP contribution in [-0.4, -0.2) is 31.9 Å². The molecule has 0 atom stereocenters. The number of benzene rings is 2. The van der Waals surface area contributed by atoms with E-state index in [-0.39, 0.29) is 5.02 Å². The van der Waals surface area contributed by atoms with Crippen LogP contribution < -0.4 is 4.90 Å². The molecule has 0 unspecified atom stereocenters. The molecule has 1 aliphatic heterocycles. The SMILES string of the molecule is N#Cc1cnc2ccc(-c3cnc4[nH]nnc4c3)cc2c1N1CCc2cc(F)c(Cl)cc21. The second-order valence-electron chi connectivity index (χ2n) is 7.56. The highest BCUT2D eigenvalue weighted by molar-refractivity contribution is 6.31. The Morgan fingerprint density at radius 1 is 1.06 bits per heavy atom. The number of nitriles is 1. The molecule has 0 bridgehead atoms. The summed E-state index contributed by atoms with van der Waals surface area (Å²) in [7, 11) is 0. The van der Waals surface area contributed by atoms with Gasteiger partial charge in [0.25, 0.3) is 0 Å². The minimum atomic E-state index is -0.439. The van der Waals surface area contributed by atoms with Gasteiger partial charge < -0.3 is 4.90 Å². The van der Waals surface area contributed by atoms with Gasteiger partial charge in [0, 0.05) is 35.6 Å². The number of nitrogens with one attached hydrogen (secondary N) is 1. The summed E-state index contributed by atoms with van der Waals surface area (Å²) < 4.78 is 14.0. The van der Waals surface area contributed by atoms with Gasteiger partial charge in [-0.3, -0.25) is 4.98 Å². The number of H-pyrrole nitrogens is 1. The number of hydrogen-bond donors (Lipinski definition) is 1. The zero-order valence-electron chi connectivity index (χ0n) is 16.5. The first-order valence-corrected chi connectivity index (χ1v) is 10.3. The number of aromatic amines is 1. The Labute approximate surface area is 186 Å². The fraction of sp³-hybridized carbons (Fsp3) is 0.0870. The maximum Gasteiger partial charge on any atom is 0.175 e. The number of fused-ring (bicyclic) bond motifs is 3. The molecule has 7 nitrogen and oxygen atoms in total. The Hall–Kier alpha value is -4.09. The molecule has 2 aromatic carbocycles. The fourth-order valence-electron chi connectivity index (χ4n) is 4.24. The molecular weight excluding hydrogens is 429 g/mol. The minimum absolute atomic E-state index is 0.0557. The number of halogens is 2. The van der Waals surface area contributed by atoms with E-state index in [1.807, 2.05) is 29.2 Å². The van der Waals surface area contributed by atoms with E-state index >= 15 is 0 Å². The van der Waals surface area contributed by atoms with Crippen LogP contribution in [0.25, 0.3) is 33.2 Å². The smallest absolute Gasteiger partial charge is 0.175 e. The molecule has 0 aliphatic carbocycles. The maximum atomic E-state index is 14.0. The van der Waals surface area contributed by atoms with Crippen LogP contribution in [0, 0.1) is 17.1 Å². The van der Waals surface area contributed by atoms with E-state index in [0.29, 0.717) is 29.7 Å². The lowest BCUT2D eigenvalue weighted by molar-refractivity contribution is 0.627. The number of hydrogen-bond acceptors (Lipinski definition) is 6. The molecule has 1 N–H and O–H groups in total. The second-order valence-corrected chi connectivity index (χ2v) is 7.97. The number of aromatic nitrogens is 5. The van der Waals surface area contributed by atoms with E-state index < -0.39 is 5.82 Å². The molecule has 154 valence electrons. The summed E-state index contributed by atoms with van der Waals surface area (Å²) in [5.41, 5.74) is 6.63. The third kappa shape index (κ3) is 2.79. The van der Waals surface area contributed by atoms with E-state index in [9.17, 15) is 9.65 Å². The predicted octanol–water partition coefficient (Wildman–Crippen LogP) is 4.93. The predicted molar refractivity (Wildman–Crippen MR) is 119 cm³/mol. The van der Waals surface area contributed by atoms with Gasteiger partial charge in [-0.2, -0.15) is 5.26 Å². The Kier molecular flexibility index (Phi) is 4.06. The normalized spacial score (nSPS) is 13.0. The van der Waals surface area contributed by atoms with Crippen LogP contribution in [0.4, 0.5) is 15.8 Å². The highest BCUT2D eigenvalue weighted by Crippen LogP contribution is 2.42.